The Hall–Kier alpha value is -1.91. The highest BCUT2D eigenvalue weighted by Gasteiger charge is 2.01. The molecule has 0 amide bonds. The first-order valence-electron chi connectivity index (χ1n) is 3.76. The molecule has 0 saturated heterocycles. The molecular formula is C8H7N3O2. The minimum atomic E-state index is -0.848. The predicted molar refractivity (Wildman–Crippen MR) is 44.3 cm³/mol. The summed E-state index contributed by atoms with van der Waals surface area (Å²) in [5.41, 5.74) is 1.57. The Morgan fingerprint density at radius 3 is 3.15 bits per heavy atom. The summed E-state index contributed by atoms with van der Waals surface area (Å²) < 4.78 is 1.55. The fourth-order valence-electron chi connectivity index (χ4n) is 1.14. The number of carboxylic acid groups (broad SMARTS) is 1. The van der Waals surface area contributed by atoms with Crippen LogP contribution in [-0.2, 0) is 11.2 Å². The van der Waals surface area contributed by atoms with E-state index in [-0.39, 0.29) is 6.42 Å². The van der Waals surface area contributed by atoms with Crippen molar-refractivity contribution in [3.63, 3.8) is 0 Å². The molecule has 1 N–H and O–H groups in total. The first-order valence-corrected chi connectivity index (χ1v) is 3.76. The fourth-order valence-corrected chi connectivity index (χ4v) is 1.14. The van der Waals surface area contributed by atoms with E-state index in [4.69, 9.17) is 5.11 Å². The smallest absolute Gasteiger partial charge is 0.307 e. The van der Waals surface area contributed by atoms with Crippen LogP contribution in [-0.4, -0.2) is 25.9 Å². The van der Waals surface area contributed by atoms with Crippen LogP contribution in [0.25, 0.3) is 5.52 Å². The molecule has 0 aliphatic carbocycles. The Balaban J connectivity index is 2.42. The third kappa shape index (κ3) is 1.48. The number of aliphatic carboxylic acids is 1. The van der Waals surface area contributed by atoms with Crippen molar-refractivity contribution in [1.29, 1.82) is 0 Å². The van der Waals surface area contributed by atoms with Gasteiger partial charge in [-0.1, -0.05) is 11.3 Å². The van der Waals surface area contributed by atoms with E-state index < -0.39 is 5.97 Å². The van der Waals surface area contributed by atoms with Gasteiger partial charge >= 0.3 is 5.97 Å². The highest BCUT2D eigenvalue weighted by atomic mass is 16.4. The first kappa shape index (κ1) is 7.72. The van der Waals surface area contributed by atoms with Gasteiger partial charge in [-0.3, -0.25) is 4.79 Å². The van der Waals surface area contributed by atoms with E-state index in [1.54, 1.807) is 29.0 Å². The van der Waals surface area contributed by atoms with Crippen molar-refractivity contribution in [2.45, 2.75) is 6.42 Å². The zero-order chi connectivity index (χ0) is 9.26. The fraction of sp³-hybridized carbons (Fsp3) is 0.125. The zero-order valence-corrected chi connectivity index (χ0v) is 6.71. The normalized spacial score (nSPS) is 10.5. The Labute approximate surface area is 73.6 Å². The lowest BCUT2D eigenvalue weighted by Crippen LogP contribution is -2.01. The van der Waals surface area contributed by atoms with Gasteiger partial charge < -0.3 is 5.11 Å². The molecule has 0 spiro atoms. The van der Waals surface area contributed by atoms with Gasteiger partial charge in [-0.25, -0.2) is 4.52 Å². The van der Waals surface area contributed by atoms with Gasteiger partial charge in [0, 0.05) is 6.20 Å². The van der Waals surface area contributed by atoms with Gasteiger partial charge in [-0.15, -0.1) is 5.10 Å². The Bertz CT molecular complexity index is 449. The van der Waals surface area contributed by atoms with E-state index in [0.717, 1.165) is 5.52 Å². The monoisotopic (exact) mass is 177 g/mol. The SMILES string of the molecule is O=C(O)Cc1ccc2cnnn2c1. The molecule has 0 radical (unpaired) electrons. The van der Waals surface area contributed by atoms with Gasteiger partial charge in [0.2, 0.25) is 0 Å². The number of nitrogens with zero attached hydrogens (tertiary/aromatic N) is 3. The van der Waals surface area contributed by atoms with Crippen molar-refractivity contribution in [2.75, 3.05) is 0 Å². The van der Waals surface area contributed by atoms with Crippen LogP contribution in [0.5, 0.6) is 0 Å². The standard InChI is InChI=1S/C8H7N3O2/c12-8(13)3-6-1-2-7-4-9-10-11(7)5-6/h1-2,4-5H,3H2,(H,12,13). The summed E-state index contributed by atoms with van der Waals surface area (Å²) in [6.07, 6.45) is 3.29. The second-order valence-electron chi connectivity index (χ2n) is 2.71. The molecule has 5 nitrogen and oxygen atoms in total. The van der Waals surface area contributed by atoms with E-state index in [1.807, 2.05) is 0 Å². The summed E-state index contributed by atoms with van der Waals surface area (Å²) in [5.74, 6) is -0.848. The second kappa shape index (κ2) is 2.85. The van der Waals surface area contributed by atoms with E-state index in [9.17, 15) is 4.79 Å². The zero-order valence-electron chi connectivity index (χ0n) is 6.71. The third-order valence-electron chi connectivity index (χ3n) is 1.71. The first-order chi connectivity index (χ1) is 6.25. The number of carbonyl (C=O) groups is 1. The maximum absolute atomic E-state index is 10.4. The quantitative estimate of drug-likeness (QED) is 0.719. The average molecular weight is 177 g/mol. The van der Waals surface area contributed by atoms with Gasteiger partial charge in [0.25, 0.3) is 0 Å². The van der Waals surface area contributed by atoms with Crippen molar-refractivity contribution in [3.8, 4) is 0 Å². The van der Waals surface area contributed by atoms with Crippen LogP contribution in [0.3, 0.4) is 0 Å². The highest BCUT2D eigenvalue weighted by molar-refractivity contribution is 5.70. The molecule has 2 heterocycles. The van der Waals surface area contributed by atoms with Crippen LogP contribution < -0.4 is 0 Å². The molecule has 0 aromatic carbocycles. The van der Waals surface area contributed by atoms with Gasteiger partial charge in [-0.05, 0) is 11.6 Å². The molecule has 0 fully saturated rings. The minimum Gasteiger partial charge on any atom is -0.481 e. The molecule has 0 unspecified atom stereocenters. The molecule has 0 atom stereocenters. The molecule has 5 heteroatoms. The maximum atomic E-state index is 10.4. The molecule has 2 rings (SSSR count). The van der Waals surface area contributed by atoms with E-state index in [1.165, 1.54) is 0 Å². The van der Waals surface area contributed by atoms with E-state index in [0.29, 0.717) is 5.56 Å². The molecular weight excluding hydrogens is 170 g/mol. The Kier molecular flexibility index (Phi) is 1.70. The lowest BCUT2D eigenvalue weighted by atomic mass is 10.2. The molecule has 0 bridgehead atoms. The summed E-state index contributed by atoms with van der Waals surface area (Å²) in [4.78, 5) is 10.4. The van der Waals surface area contributed by atoms with Crippen molar-refractivity contribution in [2.24, 2.45) is 0 Å². The summed E-state index contributed by atoms with van der Waals surface area (Å²) in [6.45, 7) is 0. The summed E-state index contributed by atoms with van der Waals surface area (Å²) in [5, 5.41) is 16.0. The van der Waals surface area contributed by atoms with Crippen molar-refractivity contribution < 1.29 is 9.90 Å². The number of hydrogen-bond donors (Lipinski definition) is 1. The third-order valence-corrected chi connectivity index (χ3v) is 1.71. The summed E-state index contributed by atoms with van der Waals surface area (Å²) in [7, 11) is 0. The molecule has 13 heavy (non-hydrogen) atoms. The summed E-state index contributed by atoms with van der Waals surface area (Å²) >= 11 is 0. The number of pyridine rings is 1. The van der Waals surface area contributed by atoms with E-state index >= 15 is 0 Å². The predicted octanol–water partition coefficient (Wildman–Crippen LogP) is 0.356. The lowest BCUT2D eigenvalue weighted by Gasteiger charge is -1.96. The van der Waals surface area contributed by atoms with Crippen molar-refractivity contribution in [3.05, 3.63) is 30.1 Å². The van der Waals surface area contributed by atoms with Crippen LogP contribution in [0.4, 0.5) is 0 Å². The second-order valence-corrected chi connectivity index (χ2v) is 2.71. The largest absolute Gasteiger partial charge is 0.481 e. The van der Waals surface area contributed by atoms with Gasteiger partial charge in [0.15, 0.2) is 0 Å². The molecule has 66 valence electrons. The molecule has 2 aromatic heterocycles. The van der Waals surface area contributed by atoms with Crippen molar-refractivity contribution >= 4 is 11.5 Å². The van der Waals surface area contributed by atoms with Gasteiger partial charge in [0.1, 0.15) is 0 Å². The molecule has 0 aliphatic rings. The van der Waals surface area contributed by atoms with Crippen LogP contribution in [0.1, 0.15) is 5.56 Å². The number of rotatable bonds is 2. The van der Waals surface area contributed by atoms with Crippen molar-refractivity contribution in [1.82, 2.24) is 14.8 Å². The van der Waals surface area contributed by atoms with Crippen LogP contribution >= 0.6 is 0 Å². The topological polar surface area (TPSA) is 67.5 Å². The average Bonchev–Trinajstić information content (AvgIpc) is 2.49. The number of aromatic nitrogens is 3. The molecule has 0 saturated carbocycles. The highest BCUT2D eigenvalue weighted by Crippen LogP contribution is 2.04. The maximum Gasteiger partial charge on any atom is 0.307 e. The van der Waals surface area contributed by atoms with Gasteiger partial charge in [-0.2, -0.15) is 0 Å². The minimum absolute atomic E-state index is 0.00972. The van der Waals surface area contributed by atoms with Crippen LogP contribution in [0, 0.1) is 0 Å². The van der Waals surface area contributed by atoms with Crippen LogP contribution in [0.15, 0.2) is 24.5 Å². The molecule has 2 aromatic rings. The number of fused-ring (bicyclic) bond motifs is 1. The lowest BCUT2D eigenvalue weighted by molar-refractivity contribution is -0.136. The summed E-state index contributed by atoms with van der Waals surface area (Å²) in [6, 6.07) is 3.55. The number of hydrogen-bond acceptors (Lipinski definition) is 3. The number of carboxylic acids is 1. The van der Waals surface area contributed by atoms with E-state index in [2.05, 4.69) is 10.3 Å². The van der Waals surface area contributed by atoms with Crippen LogP contribution in [0.2, 0.25) is 0 Å². The Morgan fingerprint density at radius 2 is 2.38 bits per heavy atom. The van der Waals surface area contributed by atoms with Gasteiger partial charge in [0.05, 0.1) is 18.1 Å². The Morgan fingerprint density at radius 1 is 1.54 bits per heavy atom. The molecule has 0 aliphatic heterocycles.